The minimum atomic E-state index is -0.117. The minimum Gasteiger partial charge on any atom is -0.371 e. The number of thiophene rings is 1. The Morgan fingerprint density at radius 2 is 1.79 bits per heavy atom. The molecule has 33 heavy (non-hydrogen) atoms. The number of hydrogen-bond donors (Lipinski definition) is 1. The van der Waals surface area contributed by atoms with Crippen molar-refractivity contribution in [2.24, 2.45) is 0 Å². The highest BCUT2D eigenvalue weighted by atomic mass is 32.1. The van der Waals surface area contributed by atoms with Crippen LogP contribution >= 0.6 is 22.7 Å². The predicted molar refractivity (Wildman–Crippen MR) is 130 cm³/mol. The Hall–Kier alpha value is -2.76. The lowest BCUT2D eigenvalue weighted by Gasteiger charge is -2.34. The first kappa shape index (κ1) is 20.8. The molecule has 0 spiro atoms. The molecule has 0 aliphatic carbocycles. The fraction of sp³-hybridized carbons (Fsp3) is 0.455. The molecule has 0 radical (unpaired) electrons. The van der Waals surface area contributed by atoms with Crippen LogP contribution in [0.25, 0.3) is 10.6 Å². The molecule has 6 heterocycles. The lowest BCUT2D eigenvalue weighted by Crippen LogP contribution is -2.50. The van der Waals surface area contributed by atoms with E-state index in [9.17, 15) is 4.79 Å². The summed E-state index contributed by atoms with van der Waals surface area (Å²) in [4.78, 5) is 33.9. The van der Waals surface area contributed by atoms with Crippen molar-refractivity contribution in [3.8, 4) is 10.6 Å². The highest BCUT2D eigenvalue weighted by Gasteiger charge is 2.34. The Kier molecular flexibility index (Phi) is 5.60. The maximum Gasteiger partial charge on any atom is 0.322 e. The Morgan fingerprint density at radius 1 is 1.03 bits per heavy atom. The van der Waals surface area contributed by atoms with Crippen LogP contribution in [0.15, 0.2) is 35.3 Å². The number of aromatic nitrogens is 3. The first-order valence-electron chi connectivity index (χ1n) is 11.2. The van der Waals surface area contributed by atoms with Crippen molar-refractivity contribution < 1.29 is 9.53 Å². The lowest BCUT2D eigenvalue weighted by atomic mass is 10.2. The molecule has 9 nitrogen and oxygen atoms in total. The Morgan fingerprint density at radius 3 is 2.48 bits per heavy atom. The fourth-order valence-corrected chi connectivity index (χ4v) is 6.22. The van der Waals surface area contributed by atoms with E-state index >= 15 is 0 Å². The van der Waals surface area contributed by atoms with Gasteiger partial charge in [-0.2, -0.15) is 0 Å². The predicted octanol–water partition coefficient (Wildman–Crippen LogP) is 3.38. The van der Waals surface area contributed by atoms with Crippen LogP contribution in [-0.4, -0.2) is 77.4 Å². The number of ether oxygens (including phenoxy) is 1. The molecule has 2 atom stereocenters. The highest BCUT2D eigenvalue weighted by molar-refractivity contribution is 7.16. The van der Waals surface area contributed by atoms with Gasteiger partial charge in [-0.15, -0.1) is 22.7 Å². The van der Waals surface area contributed by atoms with Gasteiger partial charge in [0.2, 0.25) is 5.95 Å². The summed E-state index contributed by atoms with van der Waals surface area (Å²) < 4.78 is 5.88. The molecule has 3 saturated heterocycles. The molecule has 3 aromatic rings. The van der Waals surface area contributed by atoms with E-state index in [0.717, 1.165) is 49.8 Å². The Labute approximate surface area is 200 Å². The molecule has 172 valence electrons. The van der Waals surface area contributed by atoms with Crippen molar-refractivity contribution in [2.75, 3.05) is 54.4 Å². The number of morpholine rings is 1. The zero-order chi connectivity index (χ0) is 22.2. The fourth-order valence-electron chi connectivity index (χ4n) is 4.58. The zero-order valence-electron chi connectivity index (χ0n) is 18.1. The van der Waals surface area contributed by atoms with Crippen LogP contribution < -0.4 is 15.1 Å². The van der Waals surface area contributed by atoms with Crippen LogP contribution in [0.5, 0.6) is 0 Å². The number of nitrogens with one attached hydrogen (secondary N) is 1. The van der Waals surface area contributed by atoms with Crippen LogP contribution in [0.4, 0.5) is 21.6 Å². The van der Waals surface area contributed by atoms with Crippen molar-refractivity contribution >= 4 is 45.5 Å². The average Bonchev–Trinajstić information content (AvgIpc) is 3.61. The largest absolute Gasteiger partial charge is 0.371 e. The van der Waals surface area contributed by atoms with Gasteiger partial charge in [0.25, 0.3) is 0 Å². The summed E-state index contributed by atoms with van der Waals surface area (Å²) in [5, 5.41) is 8.12. The number of piperazine rings is 1. The average molecular weight is 484 g/mol. The number of hydrogen-bond acceptors (Lipinski definition) is 9. The van der Waals surface area contributed by atoms with Gasteiger partial charge in [0, 0.05) is 44.6 Å². The van der Waals surface area contributed by atoms with Gasteiger partial charge in [-0.25, -0.2) is 19.7 Å². The summed E-state index contributed by atoms with van der Waals surface area (Å²) in [7, 11) is 0. The molecule has 6 rings (SSSR count). The molecule has 2 amide bonds. The molecule has 2 unspecified atom stereocenters. The lowest BCUT2D eigenvalue weighted by molar-refractivity contribution is 0.0299. The van der Waals surface area contributed by atoms with Gasteiger partial charge in [-0.3, -0.25) is 0 Å². The normalized spacial score (nSPS) is 22.6. The summed E-state index contributed by atoms with van der Waals surface area (Å²) in [6.45, 7) is 4.49. The Bertz CT molecular complexity index is 1080. The van der Waals surface area contributed by atoms with Crippen molar-refractivity contribution in [2.45, 2.75) is 25.0 Å². The highest BCUT2D eigenvalue weighted by Crippen LogP contribution is 2.31. The summed E-state index contributed by atoms with van der Waals surface area (Å²) >= 11 is 3.36. The minimum absolute atomic E-state index is 0.117. The van der Waals surface area contributed by atoms with E-state index < -0.39 is 0 Å². The third-order valence-electron chi connectivity index (χ3n) is 6.32. The van der Waals surface area contributed by atoms with Gasteiger partial charge >= 0.3 is 6.03 Å². The number of anilines is 3. The van der Waals surface area contributed by atoms with E-state index in [2.05, 4.69) is 41.9 Å². The van der Waals surface area contributed by atoms with Gasteiger partial charge in [-0.05, 0) is 24.3 Å². The zero-order valence-corrected chi connectivity index (χ0v) is 19.7. The Balaban J connectivity index is 1.02. The van der Waals surface area contributed by atoms with E-state index in [-0.39, 0.29) is 18.2 Å². The summed E-state index contributed by atoms with van der Waals surface area (Å²) in [5.41, 5.74) is 1.64. The topological polar surface area (TPSA) is 86.7 Å². The van der Waals surface area contributed by atoms with Crippen LogP contribution in [0.3, 0.4) is 0 Å². The number of amides is 2. The first-order valence-corrected chi connectivity index (χ1v) is 13.0. The van der Waals surface area contributed by atoms with Crippen molar-refractivity contribution in [3.05, 3.63) is 35.3 Å². The third kappa shape index (κ3) is 4.40. The van der Waals surface area contributed by atoms with Crippen LogP contribution in [0.1, 0.15) is 12.8 Å². The second-order valence-corrected chi connectivity index (χ2v) is 10.3. The van der Waals surface area contributed by atoms with E-state index in [0.29, 0.717) is 24.7 Å². The molecule has 3 aliphatic rings. The van der Waals surface area contributed by atoms with Crippen molar-refractivity contribution in [1.82, 2.24) is 19.9 Å². The van der Waals surface area contributed by atoms with E-state index in [1.54, 1.807) is 35.1 Å². The monoisotopic (exact) mass is 483 g/mol. The maximum atomic E-state index is 12.8. The quantitative estimate of drug-likeness (QED) is 0.609. The summed E-state index contributed by atoms with van der Waals surface area (Å²) in [6.07, 6.45) is 6.18. The molecule has 3 aliphatic heterocycles. The van der Waals surface area contributed by atoms with Gasteiger partial charge in [0.15, 0.2) is 5.13 Å². The van der Waals surface area contributed by atoms with Crippen LogP contribution in [0, 0.1) is 0 Å². The molecule has 3 aromatic heterocycles. The van der Waals surface area contributed by atoms with Crippen LogP contribution in [0.2, 0.25) is 0 Å². The standard InChI is InChI=1S/C22H25N7O2S2/c30-21(25-15-10-23-20(24-11-15)29-12-16-3-4-17(13-29)31-16)27-5-7-28(8-6-27)22-26-18(14-33-22)19-2-1-9-32-19/h1-2,9-11,14,16-17H,3-8,12-13H2,(H,25,30). The second kappa shape index (κ2) is 8.88. The molecule has 11 heteroatoms. The molecule has 3 fully saturated rings. The number of rotatable bonds is 4. The number of carbonyl (C=O) groups excluding carboxylic acids is 1. The molecule has 2 bridgehead atoms. The molecule has 0 aromatic carbocycles. The first-order chi connectivity index (χ1) is 16.2. The SMILES string of the molecule is O=C(Nc1cnc(N2CC3CCC(C2)O3)nc1)N1CCN(c2nc(-c3cccs3)cs2)CC1. The number of fused-ring (bicyclic) bond motifs is 2. The van der Waals surface area contributed by atoms with Crippen molar-refractivity contribution in [3.63, 3.8) is 0 Å². The maximum absolute atomic E-state index is 12.8. The molecule has 1 N–H and O–H groups in total. The second-order valence-electron chi connectivity index (χ2n) is 8.53. The number of carbonyl (C=O) groups is 1. The molecule has 0 saturated carbocycles. The number of nitrogens with zero attached hydrogens (tertiary/aromatic N) is 6. The smallest absolute Gasteiger partial charge is 0.322 e. The summed E-state index contributed by atoms with van der Waals surface area (Å²) in [5.74, 6) is 0.701. The van der Waals surface area contributed by atoms with Gasteiger partial charge in [0.1, 0.15) is 0 Å². The third-order valence-corrected chi connectivity index (χ3v) is 8.11. The van der Waals surface area contributed by atoms with E-state index in [4.69, 9.17) is 9.72 Å². The van der Waals surface area contributed by atoms with Crippen molar-refractivity contribution in [1.29, 1.82) is 0 Å². The van der Waals surface area contributed by atoms with Gasteiger partial charge in [0.05, 0.1) is 40.9 Å². The number of urea groups is 1. The van der Waals surface area contributed by atoms with Gasteiger partial charge < -0.3 is 24.8 Å². The van der Waals surface area contributed by atoms with E-state index in [1.807, 2.05) is 11.0 Å². The summed E-state index contributed by atoms with van der Waals surface area (Å²) in [6, 6.07) is 4.02. The molecular weight excluding hydrogens is 458 g/mol. The van der Waals surface area contributed by atoms with E-state index in [1.165, 1.54) is 4.88 Å². The molecular formula is C22H25N7O2S2. The van der Waals surface area contributed by atoms with Crippen LogP contribution in [-0.2, 0) is 4.74 Å². The van der Waals surface area contributed by atoms with Gasteiger partial charge in [-0.1, -0.05) is 6.07 Å². The number of thiazole rings is 1.